The number of benzene rings is 1. The van der Waals surface area contributed by atoms with Gasteiger partial charge in [0.05, 0.1) is 11.9 Å². The SMILES string of the molecule is Fc1ccc(-c2cncc(N3CCNCC3)c2)cc1. The number of aromatic nitrogens is 1. The Kier molecular flexibility index (Phi) is 3.42. The van der Waals surface area contributed by atoms with Crippen molar-refractivity contribution in [3.63, 3.8) is 0 Å². The number of rotatable bonds is 2. The predicted octanol–water partition coefficient (Wildman–Crippen LogP) is 2.30. The van der Waals surface area contributed by atoms with Crippen molar-refractivity contribution in [2.75, 3.05) is 31.1 Å². The van der Waals surface area contributed by atoms with Gasteiger partial charge in [0, 0.05) is 37.9 Å². The van der Waals surface area contributed by atoms with Gasteiger partial charge < -0.3 is 10.2 Å². The Morgan fingerprint density at radius 3 is 2.47 bits per heavy atom. The van der Waals surface area contributed by atoms with Crippen molar-refractivity contribution in [2.24, 2.45) is 0 Å². The quantitative estimate of drug-likeness (QED) is 0.894. The van der Waals surface area contributed by atoms with Gasteiger partial charge in [0.25, 0.3) is 0 Å². The molecule has 0 radical (unpaired) electrons. The first-order chi connectivity index (χ1) is 9.33. The lowest BCUT2D eigenvalue weighted by atomic mass is 10.1. The van der Waals surface area contributed by atoms with E-state index < -0.39 is 0 Å². The van der Waals surface area contributed by atoms with Gasteiger partial charge in [0.1, 0.15) is 5.82 Å². The molecule has 3 nitrogen and oxygen atoms in total. The largest absolute Gasteiger partial charge is 0.368 e. The molecule has 3 rings (SSSR count). The van der Waals surface area contributed by atoms with Crippen molar-refractivity contribution in [2.45, 2.75) is 0 Å². The highest BCUT2D eigenvalue weighted by Gasteiger charge is 2.11. The molecule has 0 atom stereocenters. The average Bonchev–Trinajstić information content (AvgIpc) is 2.49. The van der Waals surface area contributed by atoms with Crippen LogP contribution in [-0.2, 0) is 0 Å². The standard InChI is InChI=1S/C15H16FN3/c16-14-3-1-12(2-4-14)13-9-15(11-18-10-13)19-7-5-17-6-8-19/h1-4,9-11,17H,5-8H2. The van der Waals surface area contributed by atoms with E-state index in [1.165, 1.54) is 12.1 Å². The van der Waals surface area contributed by atoms with E-state index in [-0.39, 0.29) is 5.82 Å². The summed E-state index contributed by atoms with van der Waals surface area (Å²) in [7, 11) is 0. The summed E-state index contributed by atoms with van der Waals surface area (Å²) >= 11 is 0. The fourth-order valence-electron chi connectivity index (χ4n) is 2.32. The minimum absolute atomic E-state index is 0.213. The maximum atomic E-state index is 12.9. The summed E-state index contributed by atoms with van der Waals surface area (Å²) in [5, 5.41) is 3.33. The first kappa shape index (κ1) is 12.1. The van der Waals surface area contributed by atoms with Gasteiger partial charge in [-0.1, -0.05) is 12.1 Å². The fraction of sp³-hybridized carbons (Fsp3) is 0.267. The van der Waals surface area contributed by atoms with Crippen molar-refractivity contribution in [1.82, 2.24) is 10.3 Å². The second kappa shape index (κ2) is 5.36. The van der Waals surface area contributed by atoms with Crippen LogP contribution in [0.5, 0.6) is 0 Å². The predicted molar refractivity (Wildman–Crippen MR) is 74.7 cm³/mol. The van der Waals surface area contributed by atoms with Crippen molar-refractivity contribution >= 4 is 5.69 Å². The van der Waals surface area contributed by atoms with Crippen LogP contribution in [-0.4, -0.2) is 31.2 Å². The van der Waals surface area contributed by atoms with E-state index >= 15 is 0 Å². The van der Waals surface area contributed by atoms with Crippen LogP contribution in [0, 0.1) is 5.82 Å². The summed E-state index contributed by atoms with van der Waals surface area (Å²) in [5.74, 6) is -0.213. The zero-order valence-corrected chi connectivity index (χ0v) is 10.6. The maximum absolute atomic E-state index is 12.9. The molecule has 98 valence electrons. The van der Waals surface area contributed by atoms with Crippen LogP contribution in [0.2, 0.25) is 0 Å². The third kappa shape index (κ3) is 2.74. The smallest absolute Gasteiger partial charge is 0.123 e. The van der Waals surface area contributed by atoms with E-state index in [9.17, 15) is 4.39 Å². The number of hydrogen-bond acceptors (Lipinski definition) is 3. The lowest BCUT2D eigenvalue weighted by Gasteiger charge is -2.29. The molecule has 1 aromatic heterocycles. The van der Waals surface area contributed by atoms with Gasteiger partial charge in [-0.2, -0.15) is 0 Å². The Bertz CT molecular complexity index is 548. The van der Waals surface area contributed by atoms with E-state index in [1.807, 2.05) is 12.4 Å². The van der Waals surface area contributed by atoms with Crippen molar-refractivity contribution in [3.05, 3.63) is 48.5 Å². The third-order valence-corrected chi connectivity index (χ3v) is 3.38. The third-order valence-electron chi connectivity index (χ3n) is 3.38. The molecule has 0 saturated carbocycles. The summed E-state index contributed by atoms with van der Waals surface area (Å²) < 4.78 is 12.9. The highest BCUT2D eigenvalue weighted by atomic mass is 19.1. The minimum Gasteiger partial charge on any atom is -0.368 e. The first-order valence-corrected chi connectivity index (χ1v) is 6.49. The summed E-state index contributed by atoms with van der Waals surface area (Å²) in [4.78, 5) is 6.62. The second-order valence-electron chi connectivity index (χ2n) is 4.68. The molecular formula is C15H16FN3. The Morgan fingerprint density at radius 1 is 1.00 bits per heavy atom. The molecule has 1 saturated heterocycles. The van der Waals surface area contributed by atoms with E-state index in [4.69, 9.17) is 0 Å². The molecule has 1 aromatic carbocycles. The van der Waals surface area contributed by atoms with Crippen LogP contribution in [0.15, 0.2) is 42.7 Å². The number of pyridine rings is 1. The number of anilines is 1. The first-order valence-electron chi connectivity index (χ1n) is 6.49. The number of nitrogens with one attached hydrogen (secondary N) is 1. The number of piperazine rings is 1. The zero-order valence-electron chi connectivity index (χ0n) is 10.6. The molecular weight excluding hydrogens is 241 g/mol. The summed E-state index contributed by atoms with van der Waals surface area (Å²) in [5.41, 5.74) is 3.14. The lowest BCUT2D eigenvalue weighted by Crippen LogP contribution is -2.43. The van der Waals surface area contributed by atoms with E-state index in [0.717, 1.165) is 43.0 Å². The zero-order chi connectivity index (χ0) is 13.1. The normalized spacial score (nSPS) is 15.5. The summed E-state index contributed by atoms with van der Waals surface area (Å²) in [6, 6.07) is 8.65. The van der Waals surface area contributed by atoms with Gasteiger partial charge >= 0.3 is 0 Å². The molecule has 1 aliphatic heterocycles. The van der Waals surface area contributed by atoms with Crippen molar-refractivity contribution in [3.8, 4) is 11.1 Å². The van der Waals surface area contributed by atoms with E-state index in [1.54, 1.807) is 12.1 Å². The number of hydrogen-bond donors (Lipinski definition) is 1. The number of halogens is 1. The minimum atomic E-state index is -0.213. The highest BCUT2D eigenvalue weighted by Crippen LogP contribution is 2.23. The van der Waals surface area contributed by atoms with Gasteiger partial charge in [-0.25, -0.2) is 4.39 Å². The van der Waals surface area contributed by atoms with Gasteiger partial charge in [0.2, 0.25) is 0 Å². The van der Waals surface area contributed by atoms with Crippen LogP contribution in [0.25, 0.3) is 11.1 Å². The van der Waals surface area contributed by atoms with Crippen LogP contribution in [0.1, 0.15) is 0 Å². The molecule has 19 heavy (non-hydrogen) atoms. The van der Waals surface area contributed by atoms with Crippen LogP contribution >= 0.6 is 0 Å². The van der Waals surface area contributed by atoms with Crippen LogP contribution in [0.3, 0.4) is 0 Å². The van der Waals surface area contributed by atoms with E-state index in [0.29, 0.717) is 0 Å². The Hall–Kier alpha value is -1.94. The molecule has 0 unspecified atom stereocenters. The average molecular weight is 257 g/mol. The van der Waals surface area contributed by atoms with Gasteiger partial charge in [-0.3, -0.25) is 4.98 Å². The molecule has 1 fully saturated rings. The second-order valence-corrected chi connectivity index (χ2v) is 4.68. The maximum Gasteiger partial charge on any atom is 0.123 e. The summed E-state index contributed by atoms with van der Waals surface area (Å²) in [6.07, 6.45) is 3.71. The topological polar surface area (TPSA) is 28.2 Å². The van der Waals surface area contributed by atoms with Gasteiger partial charge in [-0.05, 0) is 23.8 Å². The Balaban J connectivity index is 1.88. The monoisotopic (exact) mass is 257 g/mol. The molecule has 2 heterocycles. The van der Waals surface area contributed by atoms with Gasteiger partial charge in [-0.15, -0.1) is 0 Å². The van der Waals surface area contributed by atoms with Crippen molar-refractivity contribution < 1.29 is 4.39 Å². The molecule has 0 aliphatic carbocycles. The molecule has 4 heteroatoms. The molecule has 1 N–H and O–H groups in total. The molecule has 0 bridgehead atoms. The highest BCUT2D eigenvalue weighted by molar-refractivity contribution is 5.67. The molecule has 0 amide bonds. The van der Waals surface area contributed by atoms with E-state index in [2.05, 4.69) is 21.3 Å². The Labute approximate surface area is 112 Å². The van der Waals surface area contributed by atoms with Crippen LogP contribution in [0.4, 0.5) is 10.1 Å². The Morgan fingerprint density at radius 2 is 1.74 bits per heavy atom. The number of nitrogens with zero attached hydrogens (tertiary/aromatic N) is 2. The van der Waals surface area contributed by atoms with Gasteiger partial charge in [0.15, 0.2) is 0 Å². The lowest BCUT2D eigenvalue weighted by molar-refractivity contribution is 0.589. The molecule has 1 aliphatic rings. The summed E-state index contributed by atoms with van der Waals surface area (Å²) in [6.45, 7) is 3.99. The van der Waals surface area contributed by atoms with Crippen molar-refractivity contribution in [1.29, 1.82) is 0 Å². The molecule has 0 spiro atoms. The van der Waals surface area contributed by atoms with Crippen LogP contribution < -0.4 is 10.2 Å². The molecule has 2 aromatic rings. The fourth-order valence-corrected chi connectivity index (χ4v) is 2.32.